The second-order valence-electron chi connectivity index (χ2n) is 7.75. The van der Waals surface area contributed by atoms with Gasteiger partial charge in [0.2, 0.25) is 5.82 Å². The number of benzene rings is 2. The molecule has 1 aromatic heterocycles. The third kappa shape index (κ3) is 5.08. The van der Waals surface area contributed by atoms with Gasteiger partial charge >= 0.3 is 11.7 Å². The summed E-state index contributed by atoms with van der Waals surface area (Å²) in [5, 5.41) is 16.3. The lowest BCUT2D eigenvalue weighted by molar-refractivity contribution is -0.384. The Morgan fingerprint density at radius 3 is 2.68 bits per heavy atom. The van der Waals surface area contributed by atoms with Crippen molar-refractivity contribution in [2.45, 2.75) is 25.4 Å². The predicted molar refractivity (Wildman–Crippen MR) is 119 cm³/mol. The Kier molecular flexibility index (Phi) is 6.62. The molecule has 2 N–H and O–H groups in total. The zero-order valence-electron chi connectivity index (χ0n) is 17.8. The molecule has 1 saturated heterocycles. The van der Waals surface area contributed by atoms with Crippen molar-refractivity contribution in [2.24, 2.45) is 0 Å². The minimum Gasteiger partial charge on any atom is -0.349 e. The molecule has 1 aliphatic rings. The Labute approximate surface area is 192 Å². The first-order valence-electron chi connectivity index (χ1n) is 10.5. The second-order valence-corrected chi connectivity index (χ2v) is 7.75. The molecule has 0 saturated carbocycles. The van der Waals surface area contributed by atoms with Gasteiger partial charge in [0, 0.05) is 24.7 Å². The van der Waals surface area contributed by atoms with Gasteiger partial charge < -0.3 is 10.2 Å². The predicted octanol–water partition coefficient (Wildman–Crippen LogP) is 5.07. The van der Waals surface area contributed by atoms with E-state index >= 15 is 0 Å². The highest BCUT2D eigenvalue weighted by Gasteiger charge is 2.31. The highest BCUT2D eigenvalue weighted by atomic mass is 19.1. The van der Waals surface area contributed by atoms with Gasteiger partial charge in [-0.05, 0) is 54.8 Å². The number of pyridine rings is 1. The number of hydrogen-bond acceptors (Lipinski definition) is 5. The fraction of sp³-hybridized carbons (Fsp3) is 0.217. The fourth-order valence-corrected chi connectivity index (χ4v) is 3.96. The van der Waals surface area contributed by atoms with Crippen molar-refractivity contribution in [1.29, 1.82) is 0 Å². The van der Waals surface area contributed by atoms with Crippen molar-refractivity contribution in [1.82, 2.24) is 10.3 Å². The summed E-state index contributed by atoms with van der Waals surface area (Å²) in [6.45, 7) is 0.459. The summed E-state index contributed by atoms with van der Waals surface area (Å²) in [5.41, 5.74) is 0.237. The van der Waals surface area contributed by atoms with Crippen LogP contribution in [-0.2, 0) is 6.54 Å². The summed E-state index contributed by atoms with van der Waals surface area (Å²) in [7, 11) is 0. The first-order valence-corrected chi connectivity index (χ1v) is 10.5. The molecule has 1 fully saturated rings. The van der Waals surface area contributed by atoms with E-state index in [0.717, 1.165) is 18.2 Å². The molecule has 176 valence electrons. The van der Waals surface area contributed by atoms with E-state index in [4.69, 9.17) is 0 Å². The molecular formula is C23H20F3N5O3. The van der Waals surface area contributed by atoms with Crippen molar-refractivity contribution >= 4 is 23.4 Å². The third-order valence-corrected chi connectivity index (χ3v) is 5.49. The van der Waals surface area contributed by atoms with E-state index in [1.807, 2.05) is 0 Å². The monoisotopic (exact) mass is 471 g/mol. The summed E-state index contributed by atoms with van der Waals surface area (Å²) in [4.78, 5) is 29.1. The van der Waals surface area contributed by atoms with Crippen LogP contribution in [0.15, 0.2) is 54.6 Å². The van der Waals surface area contributed by atoms with E-state index in [2.05, 4.69) is 15.6 Å². The first kappa shape index (κ1) is 23.0. The minimum atomic E-state index is -0.772. The second kappa shape index (κ2) is 9.77. The van der Waals surface area contributed by atoms with Crippen molar-refractivity contribution in [2.75, 3.05) is 16.8 Å². The Balaban J connectivity index is 1.56. The molecule has 4 rings (SSSR count). The zero-order chi connectivity index (χ0) is 24.2. The maximum atomic E-state index is 14.4. The highest BCUT2D eigenvalue weighted by Crippen LogP contribution is 2.38. The van der Waals surface area contributed by atoms with E-state index in [-0.39, 0.29) is 23.7 Å². The molecule has 34 heavy (non-hydrogen) atoms. The summed E-state index contributed by atoms with van der Waals surface area (Å²) in [6, 6.07) is 10.2. The van der Waals surface area contributed by atoms with Crippen LogP contribution in [0.5, 0.6) is 0 Å². The summed E-state index contributed by atoms with van der Waals surface area (Å²) >= 11 is 0. The molecule has 1 aliphatic heterocycles. The lowest BCUT2D eigenvalue weighted by atomic mass is 10.0. The van der Waals surface area contributed by atoms with Crippen LogP contribution in [0.3, 0.4) is 0 Å². The Morgan fingerprint density at radius 1 is 1.12 bits per heavy atom. The van der Waals surface area contributed by atoms with Gasteiger partial charge in [0.1, 0.15) is 23.3 Å². The van der Waals surface area contributed by atoms with Crippen LogP contribution in [0.4, 0.5) is 35.3 Å². The van der Waals surface area contributed by atoms with Gasteiger partial charge in [-0.2, -0.15) is 0 Å². The van der Waals surface area contributed by atoms with Crippen LogP contribution in [0.25, 0.3) is 0 Å². The summed E-state index contributed by atoms with van der Waals surface area (Å²) in [5.74, 6) is -1.62. The molecule has 2 heterocycles. The van der Waals surface area contributed by atoms with Crippen LogP contribution in [0, 0.1) is 27.6 Å². The largest absolute Gasteiger partial charge is 0.349 e. The highest BCUT2D eigenvalue weighted by molar-refractivity contribution is 5.90. The van der Waals surface area contributed by atoms with Crippen molar-refractivity contribution in [3.05, 3.63) is 93.3 Å². The molecule has 0 unspecified atom stereocenters. The van der Waals surface area contributed by atoms with Gasteiger partial charge in [0.05, 0.1) is 11.0 Å². The number of anilines is 2. The Morgan fingerprint density at radius 2 is 1.91 bits per heavy atom. The average Bonchev–Trinajstić information content (AvgIpc) is 3.29. The SMILES string of the molecule is O=C(NCc1cccc(F)c1)Nc1nc(N2CCC[C@@H]2c2cc(F)ccc2F)ccc1[N+](=O)[O-]. The van der Waals surface area contributed by atoms with Crippen molar-refractivity contribution in [3.8, 4) is 0 Å². The van der Waals surface area contributed by atoms with Crippen LogP contribution in [0.2, 0.25) is 0 Å². The molecule has 2 amide bonds. The minimum absolute atomic E-state index is 0.00979. The number of carbonyl (C=O) groups is 1. The standard InChI is InChI=1S/C23H20F3N5O3/c24-15-4-1-3-14(11-15)13-27-23(32)29-22-20(31(33)34)8-9-21(28-22)30-10-2-5-19(30)17-12-16(25)6-7-18(17)26/h1,3-4,6-9,11-12,19H,2,5,10,13H2,(H2,27,28,29,32)/t19-/m1/s1. The fourth-order valence-electron chi connectivity index (χ4n) is 3.96. The molecule has 0 aliphatic carbocycles. The van der Waals surface area contributed by atoms with E-state index in [0.29, 0.717) is 24.9 Å². The molecule has 1 atom stereocenters. The number of urea groups is 1. The van der Waals surface area contributed by atoms with E-state index in [9.17, 15) is 28.1 Å². The van der Waals surface area contributed by atoms with Crippen LogP contribution < -0.4 is 15.5 Å². The lowest BCUT2D eigenvalue weighted by Gasteiger charge is -2.26. The third-order valence-electron chi connectivity index (χ3n) is 5.49. The first-order chi connectivity index (χ1) is 16.3. The number of halogens is 3. The van der Waals surface area contributed by atoms with E-state index < -0.39 is 40.1 Å². The number of aromatic nitrogens is 1. The number of carbonyl (C=O) groups excluding carboxylic acids is 1. The lowest BCUT2D eigenvalue weighted by Crippen LogP contribution is -2.29. The topological polar surface area (TPSA) is 100 Å². The van der Waals surface area contributed by atoms with E-state index in [1.165, 1.54) is 30.3 Å². The van der Waals surface area contributed by atoms with Crippen LogP contribution in [0.1, 0.15) is 30.0 Å². The van der Waals surface area contributed by atoms with Gasteiger partial charge in [-0.15, -0.1) is 0 Å². The Bertz CT molecular complexity index is 1240. The molecule has 3 aromatic rings. The molecule has 0 bridgehead atoms. The summed E-state index contributed by atoms with van der Waals surface area (Å²) < 4.78 is 41.4. The molecule has 2 aromatic carbocycles. The number of nitro groups is 1. The zero-order valence-corrected chi connectivity index (χ0v) is 17.8. The maximum absolute atomic E-state index is 14.4. The number of hydrogen-bond donors (Lipinski definition) is 2. The average molecular weight is 471 g/mol. The van der Waals surface area contributed by atoms with Crippen molar-refractivity contribution in [3.63, 3.8) is 0 Å². The van der Waals surface area contributed by atoms with Gasteiger partial charge in [0.25, 0.3) is 0 Å². The van der Waals surface area contributed by atoms with Crippen molar-refractivity contribution < 1.29 is 22.9 Å². The number of rotatable bonds is 6. The van der Waals surface area contributed by atoms with Gasteiger partial charge in [-0.1, -0.05) is 12.1 Å². The number of nitrogens with one attached hydrogen (secondary N) is 2. The number of nitrogens with zero attached hydrogens (tertiary/aromatic N) is 3. The smallest absolute Gasteiger partial charge is 0.320 e. The molecule has 0 spiro atoms. The molecule has 11 heteroatoms. The normalized spacial score (nSPS) is 15.3. The molecular weight excluding hydrogens is 451 g/mol. The van der Waals surface area contributed by atoms with Gasteiger partial charge in [-0.3, -0.25) is 15.4 Å². The summed E-state index contributed by atoms with van der Waals surface area (Å²) in [6.07, 6.45) is 1.21. The van der Waals surface area contributed by atoms with Crippen LogP contribution >= 0.6 is 0 Å². The molecule has 8 nitrogen and oxygen atoms in total. The quantitative estimate of drug-likeness (QED) is 0.386. The van der Waals surface area contributed by atoms with Crippen LogP contribution in [-0.4, -0.2) is 22.5 Å². The van der Waals surface area contributed by atoms with E-state index in [1.54, 1.807) is 11.0 Å². The number of amides is 2. The Hall–Kier alpha value is -4.15. The maximum Gasteiger partial charge on any atom is 0.320 e. The molecule has 0 radical (unpaired) electrons. The van der Waals surface area contributed by atoms with Gasteiger partial charge in [-0.25, -0.2) is 22.9 Å². The van der Waals surface area contributed by atoms with Gasteiger partial charge in [0.15, 0.2) is 0 Å².